The van der Waals surface area contributed by atoms with Crippen LogP contribution >= 0.6 is 0 Å². The highest BCUT2D eigenvalue weighted by Crippen LogP contribution is 2.15. The van der Waals surface area contributed by atoms with E-state index in [1.807, 2.05) is 36.4 Å². The van der Waals surface area contributed by atoms with Crippen LogP contribution in [-0.2, 0) is 0 Å². The molecule has 0 unspecified atom stereocenters. The molecule has 0 radical (unpaired) electrons. The van der Waals surface area contributed by atoms with E-state index in [0.29, 0.717) is 0 Å². The molecule has 0 N–H and O–H groups in total. The number of hydrogen-bond donors (Lipinski definition) is 0. The van der Waals surface area contributed by atoms with Gasteiger partial charge in [0.15, 0.2) is 5.82 Å². The number of pyridine rings is 1. The molecule has 0 fully saturated rings. The van der Waals surface area contributed by atoms with Crippen molar-refractivity contribution in [2.24, 2.45) is 0 Å². The molecule has 0 saturated heterocycles. The second-order valence-electron chi connectivity index (χ2n) is 3.91. The molecule has 0 bridgehead atoms. The lowest BCUT2D eigenvalue weighted by molar-refractivity contribution is -0.854. The monoisotopic (exact) mass is 240 g/mol. The number of benzene rings is 2. The van der Waals surface area contributed by atoms with Crippen molar-refractivity contribution >= 4 is 10.9 Å². The molecule has 2 aromatic carbocycles. The van der Waals surface area contributed by atoms with E-state index in [-0.39, 0.29) is 11.6 Å². The van der Waals surface area contributed by atoms with Gasteiger partial charge in [0.1, 0.15) is 0 Å². The van der Waals surface area contributed by atoms with Crippen LogP contribution in [0.2, 0.25) is 0 Å². The van der Waals surface area contributed by atoms with Crippen LogP contribution in [0.5, 0.6) is 5.75 Å². The van der Waals surface area contributed by atoms with Crippen LogP contribution in [0.25, 0.3) is 10.9 Å². The maximum absolute atomic E-state index is 13.5. The Balaban J connectivity index is 2.08. The van der Waals surface area contributed by atoms with Crippen LogP contribution in [-0.4, -0.2) is 0 Å². The van der Waals surface area contributed by atoms with Gasteiger partial charge in [-0.25, -0.2) is 9.23 Å². The fourth-order valence-corrected chi connectivity index (χ4v) is 1.84. The highest BCUT2D eigenvalue weighted by molar-refractivity contribution is 5.74. The standard InChI is InChI=1S/C15H11FNO/c16-13-8-2-4-10-15(13)18-17-11-5-7-12-6-1-3-9-14(12)17/h1-11H/q+1. The molecule has 3 aromatic rings. The van der Waals surface area contributed by atoms with Gasteiger partial charge in [-0.15, -0.1) is 0 Å². The van der Waals surface area contributed by atoms with Gasteiger partial charge in [0.05, 0.1) is 5.39 Å². The summed E-state index contributed by atoms with van der Waals surface area (Å²) in [4.78, 5) is 5.56. The minimum atomic E-state index is -0.377. The molecule has 0 saturated carbocycles. The Morgan fingerprint density at radius 1 is 0.833 bits per heavy atom. The fraction of sp³-hybridized carbons (Fsp3) is 0. The zero-order valence-electron chi connectivity index (χ0n) is 9.58. The number of aromatic nitrogens is 1. The van der Waals surface area contributed by atoms with E-state index in [1.165, 1.54) is 6.07 Å². The lowest BCUT2D eigenvalue weighted by Gasteiger charge is -2.01. The first-order chi connectivity index (χ1) is 8.84. The largest absolute Gasteiger partial charge is 0.265 e. The summed E-state index contributed by atoms with van der Waals surface area (Å²) in [6, 6.07) is 18.0. The molecular weight excluding hydrogens is 229 g/mol. The Morgan fingerprint density at radius 3 is 2.44 bits per heavy atom. The van der Waals surface area contributed by atoms with Crippen molar-refractivity contribution in [2.45, 2.75) is 0 Å². The third kappa shape index (κ3) is 1.91. The van der Waals surface area contributed by atoms with Gasteiger partial charge in [-0.05, 0) is 24.3 Å². The summed E-state index contributed by atoms with van der Waals surface area (Å²) in [5.74, 6) is -0.170. The molecule has 0 spiro atoms. The van der Waals surface area contributed by atoms with Crippen molar-refractivity contribution in [1.82, 2.24) is 0 Å². The molecule has 0 atom stereocenters. The highest BCUT2D eigenvalue weighted by atomic mass is 19.1. The number of para-hydroxylation sites is 2. The Bertz CT molecular complexity index is 691. The summed E-state index contributed by atoms with van der Waals surface area (Å²) < 4.78 is 15.1. The van der Waals surface area contributed by atoms with E-state index in [4.69, 9.17) is 4.84 Å². The molecule has 88 valence electrons. The first-order valence-corrected chi connectivity index (χ1v) is 5.67. The van der Waals surface area contributed by atoms with Gasteiger partial charge in [-0.1, -0.05) is 24.3 Å². The van der Waals surface area contributed by atoms with Crippen molar-refractivity contribution in [3.05, 3.63) is 72.7 Å². The van der Waals surface area contributed by atoms with Gasteiger partial charge in [0, 0.05) is 16.9 Å². The van der Waals surface area contributed by atoms with Crippen LogP contribution in [0.3, 0.4) is 0 Å². The molecular formula is C15H11FNO+. The maximum atomic E-state index is 13.5. The average molecular weight is 240 g/mol. The molecule has 0 aliphatic rings. The zero-order valence-corrected chi connectivity index (χ0v) is 9.58. The van der Waals surface area contributed by atoms with Crippen LogP contribution in [0, 0.1) is 5.82 Å². The van der Waals surface area contributed by atoms with Crippen LogP contribution in [0.4, 0.5) is 4.39 Å². The van der Waals surface area contributed by atoms with Crippen molar-refractivity contribution < 1.29 is 14.0 Å². The number of fused-ring (bicyclic) bond motifs is 1. The van der Waals surface area contributed by atoms with E-state index < -0.39 is 0 Å². The van der Waals surface area contributed by atoms with E-state index in [0.717, 1.165) is 10.9 Å². The Labute approximate surface area is 104 Å². The van der Waals surface area contributed by atoms with E-state index in [2.05, 4.69) is 0 Å². The lowest BCUT2D eigenvalue weighted by Crippen LogP contribution is -2.40. The predicted molar refractivity (Wildman–Crippen MR) is 66.6 cm³/mol. The number of halogens is 1. The first-order valence-electron chi connectivity index (χ1n) is 5.67. The quantitative estimate of drug-likeness (QED) is 0.627. The fourth-order valence-electron chi connectivity index (χ4n) is 1.84. The van der Waals surface area contributed by atoms with Gasteiger partial charge in [-0.3, -0.25) is 0 Å². The third-order valence-corrected chi connectivity index (χ3v) is 2.70. The van der Waals surface area contributed by atoms with Gasteiger partial charge >= 0.3 is 0 Å². The van der Waals surface area contributed by atoms with Gasteiger partial charge in [-0.2, -0.15) is 0 Å². The van der Waals surface area contributed by atoms with Crippen LogP contribution < -0.4 is 9.57 Å². The third-order valence-electron chi connectivity index (χ3n) is 2.70. The summed E-state index contributed by atoms with van der Waals surface area (Å²) in [6.45, 7) is 0. The predicted octanol–water partition coefficient (Wildman–Crippen LogP) is 3.11. The Morgan fingerprint density at radius 2 is 1.56 bits per heavy atom. The smallest absolute Gasteiger partial charge is 0.228 e. The molecule has 18 heavy (non-hydrogen) atoms. The van der Waals surface area contributed by atoms with Gasteiger partial charge in [0.25, 0.3) is 5.52 Å². The molecule has 3 heteroatoms. The summed E-state index contributed by atoms with van der Waals surface area (Å²) >= 11 is 0. The van der Waals surface area contributed by atoms with Crippen molar-refractivity contribution in [3.63, 3.8) is 0 Å². The lowest BCUT2D eigenvalue weighted by atomic mass is 10.2. The summed E-state index contributed by atoms with van der Waals surface area (Å²) in [5.41, 5.74) is 0.892. The molecule has 0 aliphatic heterocycles. The SMILES string of the molecule is Fc1ccccc1O[n+]1cccc2ccccc21. The van der Waals surface area contributed by atoms with E-state index in [9.17, 15) is 4.39 Å². The zero-order chi connectivity index (χ0) is 12.4. The minimum absolute atomic E-state index is 0.207. The number of rotatable bonds is 2. The molecule has 2 nitrogen and oxygen atoms in total. The molecule has 1 heterocycles. The van der Waals surface area contributed by atoms with Crippen molar-refractivity contribution in [1.29, 1.82) is 0 Å². The van der Waals surface area contributed by atoms with E-state index >= 15 is 0 Å². The first kappa shape index (κ1) is 10.7. The maximum Gasteiger partial charge on any atom is 0.265 e. The number of nitrogens with zero attached hydrogens (tertiary/aromatic N) is 1. The summed E-state index contributed by atoms with van der Waals surface area (Å²) in [6.07, 6.45) is 1.76. The topological polar surface area (TPSA) is 13.1 Å². The second-order valence-corrected chi connectivity index (χ2v) is 3.91. The van der Waals surface area contributed by atoms with Crippen LogP contribution in [0.1, 0.15) is 0 Å². The normalized spacial score (nSPS) is 10.5. The summed E-state index contributed by atoms with van der Waals surface area (Å²) in [5, 5.41) is 1.04. The second kappa shape index (κ2) is 4.45. The molecule has 3 rings (SSSR count). The van der Waals surface area contributed by atoms with Crippen molar-refractivity contribution in [2.75, 3.05) is 0 Å². The van der Waals surface area contributed by atoms with Crippen molar-refractivity contribution in [3.8, 4) is 5.75 Å². The molecule has 0 amide bonds. The summed E-state index contributed by atoms with van der Waals surface area (Å²) in [7, 11) is 0. The van der Waals surface area contributed by atoms with Gasteiger partial charge in [0.2, 0.25) is 11.9 Å². The van der Waals surface area contributed by atoms with Crippen LogP contribution in [0.15, 0.2) is 66.9 Å². The highest BCUT2D eigenvalue weighted by Gasteiger charge is 2.13. The van der Waals surface area contributed by atoms with E-state index in [1.54, 1.807) is 29.1 Å². The number of hydrogen-bond acceptors (Lipinski definition) is 1. The van der Waals surface area contributed by atoms with Gasteiger partial charge < -0.3 is 0 Å². The Kier molecular flexibility index (Phi) is 2.65. The minimum Gasteiger partial charge on any atom is -0.228 e. The Hall–Kier alpha value is -2.42. The average Bonchev–Trinajstić information content (AvgIpc) is 2.42. The molecule has 1 aromatic heterocycles. The molecule has 0 aliphatic carbocycles.